The van der Waals surface area contributed by atoms with Gasteiger partial charge in [-0.25, -0.2) is 8.42 Å². The number of carbonyl (C=O) groups excluding carboxylic acids is 1. The second-order valence-electron chi connectivity index (χ2n) is 7.86. The van der Waals surface area contributed by atoms with Crippen LogP contribution in [-0.2, 0) is 10.0 Å². The molecule has 1 heterocycles. The molecule has 1 amide bonds. The maximum Gasteiger partial charge on any atom is 0.277 e. The van der Waals surface area contributed by atoms with Crippen LogP contribution < -0.4 is 9.62 Å². The summed E-state index contributed by atoms with van der Waals surface area (Å²) in [6.07, 6.45) is 0. The number of aromatic nitrogens is 1. The SMILES string of the molecule is CCN(c1ccccc1)S(=O)(=O)c1ccc(NC(=O)c2cc(-c3ccc(C)c(C)c3)on2)cc1. The Morgan fingerprint density at radius 1 is 0.941 bits per heavy atom. The zero-order chi connectivity index (χ0) is 24.3. The Hall–Kier alpha value is -3.91. The van der Waals surface area contributed by atoms with Gasteiger partial charge in [0, 0.05) is 23.9 Å². The second-order valence-corrected chi connectivity index (χ2v) is 9.72. The minimum absolute atomic E-state index is 0.131. The predicted octanol–water partition coefficient (Wildman–Crippen LogP) is 5.43. The third-order valence-electron chi connectivity index (χ3n) is 5.57. The van der Waals surface area contributed by atoms with E-state index < -0.39 is 15.9 Å². The number of carbonyl (C=O) groups is 1. The molecule has 3 aromatic carbocycles. The molecule has 4 rings (SSSR count). The number of benzene rings is 3. The molecule has 8 heteroatoms. The van der Waals surface area contributed by atoms with Gasteiger partial charge in [-0.3, -0.25) is 9.10 Å². The molecule has 174 valence electrons. The van der Waals surface area contributed by atoms with Crippen LogP contribution in [0.5, 0.6) is 0 Å². The van der Waals surface area contributed by atoms with Crippen molar-refractivity contribution in [1.82, 2.24) is 5.16 Å². The van der Waals surface area contributed by atoms with Gasteiger partial charge in [0.25, 0.3) is 15.9 Å². The molecule has 0 aliphatic heterocycles. The highest BCUT2D eigenvalue weighted by molar-refractivity contribution is 7.92. The number of amides is 1. The molecule has 0 bridgehead atoms. The lowest BCUT2D eigenvalue weighted by molar-refractivity contribution is 0.101. The molecule has 34 heavy (non-hydrogen) atoms. The van der Waals surface area contributed by atoms with Crippen LogP contribution in [0.1, 0.15) is 28.5 Å². The van der Waals surface area contributed by atoms with Crippen LogP contribution in [0.4, 0.5) is 11.4 Å². The number of anilines is 2. The Balaban J connectivity index is 1.49. The molecule has 0 aliphatic carbocycles. The highest BCUT2D eigenvalue weighted by Crippen LogP contribution is 2.25. The number of hydrogen-bond donors (Lipinski definition) is 1. The largest absolute Gasteiger partial charge is 0.355 e. The molecule has 0 radical (unpaired) electrons. The van der Waals surface area contributed by atoms with Crippen molar-refractivity contribution in [2.24, 2.45) is 0 Å². The minimum Gasteiger partial charge on any atom is -0.355 e. The number of aryl methyl sites for hydroxylation is 2. The van der Waals surface area contributed by atoms with E-state index in [2.05, 4.69) is 10.5 Å². The van der Waals surface area contributed by atoms with E-state index in [-0.39, 0.29) is 10.6 Å². The Morgan fingerprint density at radius 2 is 1.65 bits per heavy atom. The van der Waals surface area contributed by atoms with Crippen LogP contribution in [0.15, 0.2) is 88.3 Å². The van der Waals surface area contributed by atoms with Gasteiger partial charge < -0.3 is 9.84 Å². The second kappa shape index (κ2) is 9.52. The van der Waals surface area contributed by atoms with Crippen LogP contribution in [0, 0.1) is 13.8 Å². The zero-order valence-electron chi connectivity index (χ0n) is 19.1. The van der Waals surface area contributed by atoms with E-state index >= 15 is 0 Å². The molecule has 0 fully saturated rings. The van der Waals surface area contributed by atoms with Gasteiger partial charge in [-0.1, -0.05) is 35.5 Å². The molecule has 4 aromatic rings. The van der Waals surface area contributed by atoms with Crippen molar-refractivity contribution < 1.29 is 17.7 Å². The summed E-state index contributed by atoms with van der Waals surface area (Å²) in [7, 11) is -3.74. The predicted molar refractivity (Wildman–Crippen MR) is 132 cm³/mol. The first-order chi connectivity index (χ1) is 16.3. The third kappa shape index (κ3) is 4.72. The molecule has 0 saturated carbocycles. The molecule has 7 nitrogen and oxygen atoms in total. The van der Waals surface area contributed by atoms with Crippen molar-refractivity contribution in [2.45, 2.75) is 25.7 Å². The zero-order valence-corrected chi connectivity index (χ0v) is 20.0. The van der Waals surface area contributed by atoms with Crippen molar-refractivity contribution in [3.05, 3.63) is 95.7 Å². The Bertz CT molecular complexity index is 1410. The number of nitrogens with one attached hydrogen (secondary N) is 1. The summed E-state index contributed by atoms with van der Waals surface area (Å²) in [6.45, 7) is 6.10. The summed E-state index contributed by atoms with van der Waals surface area (Å²) >= 11 is 0. The van der Waals surface area contributed by atoms with Crippen molar-refractivity contribution >= 4 is 27.3 Å². The summed E-state index contributed by atoms with van der Waals surface area (Å²) in [5, 5.41) is 6.60. The molecule has 0 aliphatic rings. The topological polar surface area (TPSA) is 92.5 Å². The number of sulfonamides is 1. The smallest absolute Gasteiger partial charge is 0.277 e. The number of rotatable bonds is 7. The Morgan fingerprint density at radius 3 is 2.29 bits per heavy atom. The quantitative estimate of drug-likeness (QED) is 0.385. The first-order valence-electron chi connectivity index (χ1n) is 10.8. The van der Waals surface area contributed by atoms with Crippen LogP contribution >= 0.6 is 0 Å². The van der Waals surface area contributed by atoms with Gasteiger partial charge >= 0.3 is 0 Å². The van der Waals surface area contributed by atoms with Gasteiger partial charge in [0.15, 0.2) is 11.5 Å². The van der Waals surface area contributed by atoms with Crippen LogP contribution in [0.2, 0.25) is 0 Å². The van der Waals surface area contributed by atoms with Gasteiger partial charge in [0.05, 0.1) is 10.6 Å². The average molecular weight is 476 g/mol. The Kier molecular flexibility index (Phi) is 6.51. The van der Waals surface area contributed by atoms with Crippen molar-refractivity contribution in [3.8, 4) is 11.3 Å². The highest BCUT2D eigenvalue weighted by atomic mass is 32.2. The summed E-state index contributed by atoms with van der Waals surface area (Å²) in [5.74, 6) is 0.0455. The molecular weight excluding hydrogens is 450 g/mol. The minimum atomic E-state index is -3.74. The number of nitrogens with zero attached hydrogens (tertiary/aromatic N) is 2. The maximum absolute atomic E-state index is 13.1. The first-order valence-corrected chi connectivity index (χ1v) is 12.3. The summed E-state index contributed by atoms with van der Waals surface area (Å²) in [4.78, 5) is 12.8. The molecule has 1 N–H and O–H groups in total. The summed E-state index contributed by atoms with van der Waals surface area (Å²) in [6, 6.07) is 22.4. The van der Waals surface area contributed by atoms with E-state index in [1.165, 1.54) is 16.4 Å². The fraction of sp³-hybridized carbons (Fsp3) is 0.154. The van der Waals surface area contributed by atoms with E-state index in [1.807, 2.05) is 38.1 Å². The number of para-hydroxylation sites is 1. The normalized spacial score (nSPS) is 11.3. The van der Waals surface area contributed by atoms with Gasteiger partial charge in [-0.15, -0.1) is 0 Å². The Labute approximate surface area is 199 Å². The van der Waals surface area contributed by atoms with E-state index in [9.17, 15) is 13.2 Å². The molecule has 0 saturated heterocycles. The van der Waals surface area contributed by atoms with Crippen molar-refractivity contribution in [1.29, 1.82) is 0 Å². The lowest BCUT2D eigenvalue weighted by atomic mass is 10.0. The van der Waals surface area contributed by atoms with E-state index in [0.717, 1.165) is 16.7 Å². The monoisotopic (exact) mass is 475 g/mol. The van der Waals surface area contributed by atoms with Crippen molar-refractivity contribution in [3.63, 3.8) is 0 Å². The highest BCUT2D eigenvalue weighted by Gasteiger charge is 2.23. The average Bonchev–Trinajstić information content (AvgIpc) is 3.33. The van der Waals surface area contributed by atoms with E-state index in [1.54, 1.807) is 49.4 Å². The maximum atomic E-state index is 13.1. The van der Waals surface area contributed by atoms with E-state index in [4.69, 9.17) is 4.52 Å². The van der Waals surface area contributed by atoms with E-state index in [0.29, 0.717) is 23.7 Å². The lowest BCUT2D eigenvalue weighted by Gasteiger charge is -2.23. The van der Waals surface area contributed by atoms with Crippen molar-refractivity contribution in [2.75, 3.05) is 16.2 Å². The molecule has 0 spiro atoms. The third-order valence-corrected chi connectivity index (χ3v) is 7.48. The molecule has 0 atom stereocenters. The molecule has 1 aromatic heterocycles. The van der Waals surface area contributed by atoms with Crippen LogP contribution in [0.25, 0.3) is 11.3 Å². The summed E-state index contributed by atoms with van der Waals surface area (Å²) < 4.78 is 32.9. The lowest BCUT2D eigenvalue weighted by Crippen LogP contribution is -2.30. The van der Waals surface area contributed by atoms with Gasteiger partial charge in [-0.2, -0.15) is 0 Å². The van der Waals surface area contributed by atoms with Gasteiger partial charge in [0.1, 0.15) is 0 Å². The van der Waals surface area contributed by atoms with Gasteiger partial charge in [-0.05, 0) is 74.4 Å². The number of hydrogen-bond acceptors (Lipinski definition) is 5. The summed E-state index contributed by atoms with van der Waals surface area (Å²) in [5.41, 5.74) is 4.28. The fourth-order valence-corrected chi connectivity index (χ4v) is 5.00. The molecular formula is C26H25N3O4S. The first kappa shape index (κ1) is 23.3. The fourth-order valence-electron chi connectivity index (χ4n) is 3.53. The van der Waals surface area contributed by atoms with Crippen LogP contribution in [-0.4, -0.2) is 26.0 Å². The van der Waals surface area contributed by atoms with Gasteiger partial charge in [0.2, 0.25) is 0 Å². The standard InChI is InChI=1S/C26H25N3O4S/c1-4-29(22-8-6-5-7-9-22)34(31,32)23-14-12-21(13-15-23)27-26(30)24-17-25(33-28-24)20-11-10-18(2)19(3)16-20/h5-17H,4H2,1-3H3,(H,27,30). The molecule has 0 unspecified atom stereocenters. The van der Waals surface area contributed by atoms with Crippen LogP contribution in [0.3, 0.4) is 0 Å².